The third kappa shape index (κ3) is 2.93. The molecular weight excluding hydrogens is 330 g/mol. The first-order valence-electron chi connectivity index (χ1n) is 5.87. The molecule has 2 nitrogen and oxygen atoms in total. The average Bonchev–Trinajstić information content (AvgIpc) is 2.48. The number of hydrogen-bond acceptors (Lipinski definition) is 2. The average molecular weight is 343 g/mol. The summed E-state index contributed by atoms with van der Waals surface area (Å²) in [6.07, 6.45) is 0. The fourth-order valence-corrected chi connectivity index (χ4v) is 2.53. The molecule has 0 saturated heterocycles. The molecule has 0 heterocycles. The van der Waals surface area contributed by atoms with E-state index in [-0.39, 0.29) is 4.83 Å². The van der Waals surface area contributed by atoms with Gasteiger partial charge in [0.25, 0.3) is 0 Å². The summed E-state index contributed by atoms with van der Waals surface area (Å²) in [7, 11) is 3.11. The maximum Gasteiger partial charge on any atom is 0.159 e. The maximum atomic E-state index is 13.3. The lowest BCUT2D eigenvalue weighted by Crippen LogP contribution is -1.99. The summed E-state index contributed by atoms with van der Waals surface area (Å²) in [5.74, 6) is -0.454. The fraction of sp³-hybridized carbons (Fsp3) is 0.200. The number of halogens is 3. The first-order valence-corrected chi connectivity index (χ1v) is 6.79. The Kier molecular flexibility index (Phi) is 4.60. The summed E-state index contributed by atoms with van der Waals surface area (Å²) in [6.45, 7) is 0. The minimum Gasteiger partial charge on any atom is -0.497 e. The molecule has 20 heavy (non-hydrogen) atoms. The molecule has 0 bridgehead atoms. The first kappa shape index (κ1) is 14.8. The van der Waals surface area contributed by atoms with Crippen LogP contribution in [-0.2, 0) is 0 Å². The van der Waals surface area contributed by atoms with Crippen LogP contribution in [0.25, 0.3) is 0 Å². The molecule has 2 aromatic carbocycles. The second kappa shape index (κ2) is 6.22. The second-order valence-electron chi connectivity index (χ2n) is 4.14. The molecule has 0 fully saturated rings. The lowest BCUT2D eigenvalue weighted by Gasteiger charge is -2.16. The van der Waals surface area contributed by atoms with Crippen molar-refractivity contribution in [2.45, 2.75) is 4.83 Å². The van der Waals surface area contributed by atoms with Crippen LogP contribution < -0.4 is 9.47 Å². The van der Waals surface area contributed by atoms with Gasteiger partial charge < -0.3 is 9.47 Å². The van der Waals surface area contributed by atoms with Gasteiger partial charge in [-0.3, -0.25) is 0 Å². The van der Waals surface area contributed by atoms with Gasteiger partial charge in [0.05, 0.1) is 19.0 Å². The molecular formula is C15H13BrF2O2. The molecule has 0 aliphatic rings. The molecule has 106 valence electrons. The Hall–Kier alpha value is -1.62. The van der Waals surface area contributed by atoms with E-state index >= 15 is 0 Å². The molecule has 0 saturated carbocycles. The summed E-state index contributed by atoms with van der Waals surface area (Å²) < 4.78 is 36.8. The third-order valence-electron chi connectivity index (χ3n) is 2.95. The van der Waals surface area contributed by atoms with E-state index in [2.05, 4.69) is 15.9 Å². The molecule has 0 radical (unpaired) electrons. The van der Waals surface area contributed by atoms with Gasteiger partial charge in [0.1, 0.15) is 11.5 Å². The monoisotopic (exact) mass is 342 g/mol. The number of rotatable bonds is 4. The smallest absolute Gasteiger partial charge is 0.159 e. The zero-order chi connectivity index (χ0) is 14.7. The van der Waals surface area contributed by atoms with Crippen LogP contribution in [0, 0.1) is 11.6 Å². The van der Waals surface area contributed by atoms with Gasteiger partial charge in [-0.1, -0.05) is 22.0 Å². The van der Waals surface area contributed by atoms with Crippen molar-refractivity contribution >= 4 is 15.9 Å². The van der Waals surface area contributed by atoms with Gasteiger partial charge in [-0.05, 0) is 35.9 Å². The molecule has 0 aromatic heterocycles. The Morgan fingerprint density at radius 3 is 2.30 bits per heavy atom. The Morgan fingerprint density at radius 1 is 0.950 bits per heavy atom. The maximum absolute atomic E-state index is 13.3. The van der Waals surface area contributed by atoms with Crippen molar-refractivity contribution in [1.82, 2.24) is 0 Å². The molecule has 0 amide bonds. The van der Waals surface area contributed by atoms with Crippen molar-refractivity contribution in [2.24, 2.45) is 0 Å². The van der Waals surface area contributed by atoms with Gasteiger partial charge in [-0.25, -0.2) is 8.78 Å². The summed E-state index contributed by atoms with van der Waals surface area (Å²) in [5.41, 5.74) is 1.37. The number of benzene rings is 2. The van der Waals surface area contributed by atoms with Crippen LogP contribution >= 0.6 is 15.9 Å². The van der Waals surface area contributed by atoms with E-state index < -0.39 is 11.6 Å². The number of methoxy groups -OCH3 is 2. The number of alkyl halides is 1. The fourth-order valence-electron chi connectivity index (χ4n) is 1.89. The molecule has 2 rings (SSSR count). The van der Waals surface area contributed by atoms with Crippen molar-refractivity contribution in [2.75, 3.05) is 14.2 Å². The van der Waals surface area contributed by atoms with Crippen LogP contribution in [-0.4, -0.2) is 14.2 Å². The van der Waals surface area contributed by atoms with Crippen molar-refractivity contribution in [3.8, 4) is 11.5 Å². The predicted molar refractivity (Wildman–Crippen MR) is 76.7 cm³/mol. The Morgan fingerprint density at radius 2 is 1.70 bits per heavy atom. The number of hydrogen-bond donors (Lipinski definition) is 0. The quantitative estimate of drug-likeness (QED) is 0.763. The topological polar surface area (TPSA) is 18.5 Å². The summed E-state index contributed by atoms with van der Waals surface area (Å²) in [5, 5.41) is 0. The van der Waals surface area contributed by atoms with E-state index in [0.717, 1.165) is 17.7 Å². The minimum atomic E-state index is -0.881. The summed E-state index contributed by atoms with van der Waals surface area (Å²) in [6, 6.07) is 9.12. The van der Waals surface area contributed by atoms with Gasteiger partial charge >= 0.3 is 0 Å². The Labute approximate surface area is 124 Å². The zero-order valence-corrected chi connectivity index (χ0v) is 12.6. The molecule has 1 atom stereocenters. The van der Waals surface area contributed by atoms with E-state index in [0.29, 0.717) is 17.1 Å². The number of ether oxygens (including phenoxy) is 2. The van der Waals surface area contributed by atoms with Gasteiger partial charge in [0.2, 0.25) is 0 Å². The highest BCUT2D eigenvalue weighted by Crippen LogP contribution is 2.38. The molecule has 1 unspecified atom stereocenters. The third-order valence-corrected chi connectivity index (χ3v) is 3.97. The lowest BCUT2D eigenvalue weighted by molar-refractivity contribution is 0.399. The molecule has 0 spiro atoms. The molecule has 5 heteroatoms. The van der Waals surface area contributed by atoms with Crippen LogP contribution in [0.3, 0.4) is 0 Å². The van der Waals surface area contributed by atoms with Gasteiger partial charge in [-0.15, -0.1) is 0 Å². The van der Waals surface area contributed by atoms with Crippen molar-refractivity contribution in [1.29, 1.82) is 0 Å². The second-order valence-corrected chi connectivity index (χ2v) is 5.06. The first-order chi connectivity index (χ1) is 9.56. The van der Waals surface area contributed by atoms with Crippen LogP contribution in [0.4, 0.5) is 8.78 Å². The van der Waals surface area contributed by atoms with Crippen molar-refractivity contribution in [3.05, 3.63) is 59.2 Å². The van der Waals surface area contributed by atoms with Crippen LogP contribution in [0.1, 0.15) is 16.0 Å². The van der Waals surface area contributed by atoms with E-state index in [1.165, 1.54) is 6.07 Å². The van der Waals surface area contributed by atoms with Gasteiger partial charge in [0, 0.05) is 5.56 Å². The minimum absolute atomic E-state index is 0.331. The van der Waals surface area contributed by atoms with Gasteiger partial charge in [-0.2, -0.15) is 0 Å². The van der Waals surface area contributed by atoms with Crippen LogP contribution in [0.5, 0.6) is 11.5 Å². The standard InChI is InChI=1S/C15H13BrF2O2/c1-19-10-4-6-14(20-2)11(8-10)15(16)9-3-5-12(17)13(18)7-9/h3-8,15H,1-2H3. The van der Waals surface area contributed by atoms with E-state index in [1.807, 2.05) is 0 Å². The molecule has 2 aromatic rings. The van der Waals surface area contributed by atoms with Crippen LogP contribution in [0.15, 0.2) is 36.4 Å². The SMILES string of the molecule is COc1ccc(OC)c(C(Br)c2ccc(F)c(F)c2)c1. The normalized spacial score (nSPS) is 12.1. The molecule has 0 aliphatic heterocycles. The highest BCUT2D eigenvalue weighted by molar-refractivity contribution is 9.09. The predicted octanol–water partition coefficient (Wildman–Crippen LogP) is 4.47. The Bertz CT molecular complexity index is 617. The summed E-state index contributed by atoms with van der Waals surface area (Å²) >= 11 is 3.48. The van der Waals surface area contributed by atoms with E-state index in [4.69, 9.17) is 9.47 Å². The highest BCUT2D eigenvalue weighted by atomic mass is 79.9. The lowest BCUT2D eigenvalue weighted by atomic mass is 10.0. The summed E-state index contributed by atoms with van der Waals surface area (Å²) in [4.78, 5) is -0.331. The van der Waals surface area contributed by atoms with E-state index in [1.54, 1.807) is 32.4 Å². The highest BCUT2D eigenvalue weighted by Gasteiger charge is 2.18. The molecule has 0 N–H and O–H groups in total. The van der Waals surface area contributed by atoms with Crippen molar-refractivity contribution in [3.63, 3.8) is 0 Å². The van der Waals surface area contributed by atoms with Crippen molar-refractivity contribution < 1.29 is 18.3 Å². The zero-order valence-electron chi connectivity index (χ0n) is 11.0. The Balaban J connectivity index is 2.45. The largest absolute Gasteiger partial charge is 0.497 e. The van der Waals surface area contributed by atoms with Crippen LogP contribution in [0.2, 0.25) is 0 Å². The van der Waals surface area contributed by atoms with Gasteiger partial charge in [0.15, 0.2) is 11.6 Å². The van der Waals surface area contributed by atoms with E-state index in [9.17, 15) is 8.78 Å². The molecule has 0 aliphatic carbocycles.